The van der Waals surface area contributed by atoms with Gasteiger partial charge < -0.3 is 14.4 Å². The Bertz CT molecular complexity index is 540. The van der Waals surface area contributed by atoms with Crippen molar-refractivity contribution in [2.45, 2.75) is 34.2 Å². The highest BCUT2D eigenvalue weighted by Crippen LogP contribution is 2.19. The predicted octanol–water partition coefficient (Wildman–Crippen LogP) is 1.59. The molecule has 6 nitrogen and oxygen atoms in total. The van der Waals surface area contributed by atoms with Crippen molar-refractivity contribution < 1.29 is 19.2 Å². The van der Waals surface area contributed by atoms with E-state index in [-0.39, 0.29) is 0 Å². The minimum absolute atomic E-state index is 0.319. The Balaban J connectivity index is 2.95. The highest BCUT2D eigenvalue weighted by atomic mass is 16.5. The van der Waals surface area contributed by atoms with Gasteiger partial charge in [-0.05, 0) is 51.5 Å². The molecule has 0 saturated carbocycles. The van der Waals surface area contributed by atoms with Gasteiger partial charge >= 0.3 is 6.09 Å². The number of carbonyl (C=O) groups is 1. The molecule has 0 fully saturated rings. The Hall–Kier alpha value is -2.08. The van der Waals surface area contributed by atoms with Crippen LogP contribution in [0.1, 0.15) is 38.8 Å². The highest BCUT2D eigenvalue weighted by molar-refractivity contribution is 5.99. The van der Waals surface area contributed by atoms with E-state index in [1.54, 1.807) is 14.0 Å². The first-order chi connectivity index (χ1) is 11.0. The van der Waals surface area contributed by atoms with Crippen LogP contribution in [0.4, 0.5) is 4.79 Å². The summed E-state index contributed by atoms with van der Waals surface area (Å²) < 4.78 is 10.2. The SMILES string of the molecule is CCOC(=O)N/N=C(/C)c1ccc(OC)c(C[NH+](CC)CC)c1. The minimum Gasteiger partial charge on any atom is -0.496 e. The summed E-state index contributed by atoms with van der Waals surface area (Å²) in [6, 6.07) is 5.94. The van der Waals surface area contributed by atoms with Crippen molar-refractivity contribution >= 4 is 11.8 Å². The van der Waals surface area contributed by atoms with Crippen LogP contribution in [0.15, 0.2) is 23.3 Å². The van der Waals surface area contributed by atoms with Gasteiger partial charge in [0.1, 0.15) is 12.3 Å². The molecular weight excluding hydrogens is 294 g/mol. The van der Waals surface area contributed by atoms with Crippen LogP contribution >= 0.6 is 0 Å². The lowest BCUT2D eigenvalue weighted by Crippen LogP contribution is -3.10. The molecule has 128 valence electrons. The van der Waals surface area contributed by atoms with Gasteiger partial charge in [0, 0.05) is 5.56 Å². The van der Waals surface area contributed by atoms with Crippen molar-refractivity contribution in [3.05, 3.63) is 29.3 Å². The fourth-order valence-electron chi connectivity index (χ4n) is 2.27. The molecule has 1 amide bonds. The molecule has 2 N–H and O–H groups in total. The van der Waals surface area contributed by atoms with Crippen molar-refractivity contribution in [2.24, 2.45) is 5.10 Å². The smallest absolute Gasteiger partial charge is 0.427 e. The third-order valence-electron chi connectivity index (χ3n) is 3.73. The molecule has 0 aliphatic heterocycles. The zero-order valence-corrected chi connectivity index (χ0v) is 14.7. The fraction of sp³-hybridized carbons (Fsp3) is 0.529. The maximum absolute atomic E-state index is 11.3. The van der Waals surface area contributed by atoms with Gasteiger partial charge in [-0.25, -0.2) is 10.2 Å². The second-order valence-corrected chi connectivity index (χ2v) is 5.19. The van der Waals surface area contributed by atoms with Crippen LogP contribution in [0.3, 0.4) is 0 Å². The van der Waals surface area contributed by atoms with Gasteiger partial charge in [-0.1, -0.05) is 0 Å². The van der Waals surface area contributed by atoms with E-state index in [4.69, 9.17) is 9.47 Å². The van der Waals surface area contributed by atoms with Gasteiger partial charge in [-0.15, -0.1) is 0 Å². The van der Waals surface area contributed by atoms with Gasteiger partial charge in [0.05, 0.1) is 32.5 Å². The topological polar surface area (TPSA) is 64.4 Å². The molecule has 0 radical (unpaired) electrons. The van der Waals surface area contributed by atoms with E-state index < -0.39 is 6.09 Å². The molecule has 0 bridgehead atoms. The summed E-state index contributed by atoms with van der Waals surface area (Å²) in [7, 11) is 1.68. The van der Waals surface area contributed by atoms with Crippen LogP contribution in [0, 0.1) is 0 Å². The fourth-order valence-corrected chi connectivity index (χ4v) is 2.27. The van der Waals surface area contributed by atoms with E-state index in [0.29, 0.717) is 6.61 Å². The maximum atomic E-state index is 11.3. The molecule has 0 unspecified atom stereocenters. The third-order valence-corrected chi connectivity index (χ3v) is 3.73. The predicted molar refractivity (Wildman–Crippen MR) is 91.1 cm³/mol. The van der Waals surface area contributed by atoms with Crippen LogP contribution < -0.4 is 15.1 Å². The summed E-state index contributed by atoms with van der Waals surface area (Å²) in [5.41, 5.74) is 5.18. The summed E-state index contributed by atoms with van der Waals surface area (Å²) >= 11 is 0. The maximum Gasteiger partial charge on any atom is 0.427 e. The van der Waals surface area contributed by atoms with Crippen molar-refractivity contribution in [2.75, 3.05) is 26.8 Å². The van der Waals surface area contributed by atoms with E-state index in [9.17, 15) is 4.79 Å². The first-order valence-electron chi connectivity index (χ1n) is 8.03. The molecule has 0 aromatic heterocycles. The standard InChI is InChI=1S/C17H27N3O3/c1-6-20(7-2)12-15-11-14(9-10-16(15)22-5)13(4)18-19-17(21)23-8-3/h9-11H,6-8,12H2,1-5H3,(H,19,21)/p+1/b18-13-. The first-order valence-corrected chi connectivity index (χ1v) is 8.03. The number of hydrazone groups is 1. The zero-order chi connectivity index (χ0) is 17.2. The summed E-state index contributed by atoms with van der Waals surface area (Å²) in [6.45, 7) is 11.3. The zero-order valence-electron chi connectivity index (χ0n) is 14.7. The van der Waals surface area contributed by atoms with E-state index in [2.05, 4.69) is 30.4 Å². The number of hydrogen-bond donors (Lipinski definition) is 2. The normalized spacial score (nSPS) is 11.5. The lowest BCUT2D eigenvalue weighted by atomic mass is 10.1. The summed E-state index contributed by atoms with van der Waals surface area (Å²) in [4.78, 5) is 12.8. The van der Waals surface area contributed by atoms with E-state index >= 15 is 0 Å². The van der Waals surface area contributed by atoms with Crippen LogP contribution in [-0.4, -0.2) is 38.6 Å². The molecule has 0 saturated heterocycles. The lowest BCUT2D eigenvalue weighted by molar-refractivity contribution is -0.910. The number of methoxy groups -OCH3 is 1. The summed E-state index contributed by atoms with van der Waals surface area (Å²) in [5.74, 6) is 0.874. The average molecular weight is 322 g/mol. The Labute approximate surface area is 138 Å². The number of amides is 1. The quantitative estimate of drug-likeness (QED) is 0.564. The van der Waals surface area contributed by atoms with E-state index in [1.165, 1.54) is 4.90 Å². The van der Waals surface area contributed by atoms with Gasteiger partial charge in [0.2, 0.25) is 0 Å². The molecule has 0 aliphatic rings. The molecule has 23 heavy (non-hydrogen) atoms. The molecule has 6 heteroatoms. The number of nitrogens with zero attached hydrogens (tertiary/aromatic N) is 1. The van der Waals surface area contributed by atoms with Crippen LogP contribution in [-0.2, 0) is 11.3 Å². The van der Waals surface area contributed by atoms with Crippen LogP contribution in [0.5, 0.6) is 5.75 Å². The average Bonchev–Trinajstić information content (AvgIpc) is 2.57. The minimum atomic E-state index is -0.548. The van der Waals surface area contributed by atoms with Gasteiger partial charge in [-0.2, -0.15) is 5.10 Å². The van der Waals surface area contributed by atoms with Crippen molar-refractivity contribution in [3.8, 4) is 5.75 Å². The molecule has 0 spiro atoms. The highest BCUT2D eigenvalue weighted by Gasteiger charge is 2.12. The number of ether oxygens (including phenoxy) is 2. The molecule has 1 aromatic rings. The second-order valence-electron chi connectivity index (χ2n) is 5.19. The van der Waals surface area contributed by atoms with Gasteiger partial charge in [0.25, 0.3) is 0 Å². The largest absolute Gasteiger partial charge is 0.496 e. The molecule has 0 aliphatic carbocycles. The molecule has 1 aromatic carbocycles. The van der Waals surface area contributed by atoms with Crippen LogP contribution in [0.25, 0.3) is 0 Å². The molecule has 1 rings (SSSR count). The monoisotopic (exact) mass is 322 g/mol. The number of quaternary nitrogens is 1. The van der Waals surface area contributed by atoms with E-state index in [0.717, 1.165) is 42.2 Å². The number of hydrogen-bond acceptors (Lipinski definition) is 4. The summed E-state index contributed by atoms with van der Waals surface area (Å²) in [6.07, 6.45) is -0.548. The van der Waals surface area contributed by atoms with Gasteiger partial charge in [0.15, 0.2) is 0 Å². The Kier molecular flexibility index (Phi) is 8.11. The Morgan fingerprint density at radius 1 is 1.26 bits per heavy atom. The first kappa shape index (κ1) is 19.0. The van der Waals surface area contributed by atoms with Crippen LogP contribution in [0.2, 0.25) is 0 Å². The van der Waals surface area contributed by atoms with Crippen molar-refractivity contribution in [1.29, 1.82) is 0 Å². The molecular formula is C17H28N3O3+. The number of carbonyl (C=O) groups excluding carboxylic acids is 1. The Morgan fingerprint density at radius 3 is 2.52 bits per heavy atom. The Morgan fingerprint density at radius 2 is 1.96 bits per heavy atom. The van der Waals surface area contributed by atoms with Crippen molar-refractivity contribution in [3.63, 3.8) is 0 Å². The lowest BCUT2D eigenvalue weighted by Gasteiger charge is -2.18. The molecule has 0 atom stereocenters. The third kappa shape index (κ3) is 5.90. The van der Waals surface area contributed by atoms with Gasteiger partial charge in [-0.3, -0.25) is 0 Å². The molecule has 0 heterocycles. The number of benzene rings is 1. The second kappa shape index (κ2) is 9.84. The number of rotatable bonds is 8. The number of nitrogens with one attached hydrogen (secondary N) is 2. The summed E-state index contributed by atoms with van der Waals surface area (Å²) in [5, 5.41) is 4.07. The van der Waals surface area contributed by atoms with Crippen molar-refractivity contribution in [1.82, 2.24) is 5.43 Å². The van der Waals surface area contributed by atoms with E-state index in [1.807, 2.05) is 19.1 Å².